The molecule has 1 aliphatic rings. The van der Waals surface area contributed by atoms with Gasteiger partial charge in [0.15, 0.2) is 11.5 Å². The first-order chi connectivity index (χ1) is 13.7. The van der Waals surface area contributed by atoms with Crippen molar-refractivity contribution in [2.24, 2.45) is 0 Å². The van der Waals surface area contributed by atoms with Crippen LogP contribution in [0.3, 0.4) is 0 Å². The first kappa shape index (κ1) is 18.6. The third kappa shape index (κ3) is 3.17. The topological polar surface area (TPSA) is 70.4 Å². The van der Waals surface area contributed by atoms with E-state index in [9.17, 15) is 0 Å². The van der Waals surface area contributed by atoms with Crippen LogP contribution < -0.4 is 19.5 Å². The fraction of sp³-hybridized carbons (Fsp3) is 0.300. The van der Waals surface area contributed by atoms with Crippen LogP contribution >= 0.6 is 15.9 Å². The molecule has 0 unspecified atom stereocenters. The summed E-state index contributed by atoms with van der Waals surface area (Å²) in [6, 6.07) is 12.2. The summed E-state index contributed by atoms with van der Waals surface area (Å²) in [4.78, 5) is 4.39. The molecule has 0 radical (unpaired) electrons. The van der Waals surface area contributed by atoms with Gasteiger partial charge in [-0.3, -0.25) is 0 Å². The average molecular weight is 445 g/mol. The summed E-state index contributed by atoms with van der Waals surface area (Å²) >= 11 is 3.50. The molecule has 4 rings (SSSR count). The summed E-state index contributed by atoms with van der Waals surface area (Å²) in [5.41, 5.74) is 2.15. The summed E-state index contributed by atoms with van der Waals surface area (Å²) in [7, 11) is 4.86. The first-order valence-electron chi connectivity index (χ1n) is 8.86. The molecule has 0 saturated carbocycles. The van der Waals surface area contributed by atoms with Gasteiger partial charge in [-0.1, -0.05) is 28.1 Å². The van der Waals surface area contributed by atoms with E-state index in [2.05, 4.69) is 43.5 Å². The molecule has 0 fully saturated rings. The number of nitrogens with one attached hydrogen (secondary N) is 1. The van der Waals surface area contributed by atoms with Crippen LogP contribution in [0.15, 0.2) is 47.2 Å². The van der Waals surface area contributed by atoms with Gasteiger partial charge in [-0.15, -0.1) is 0 Å². The Morgan fingerprint density at radius 2 is 1.75 bits per heavy atom. The maximum atomic E-state index is 5.72. The van der Waals surface area contributed by atoms with Crippen molar-refractivity contribution in [3.8, 4) is 17.2 Å². The fourth-order valence-corrected chi connectivity index (χ4v) is 3.94. The number of benzene rings is 2. The lowest BCUT2D eigenvalue weighted by atomic mass is 9.92. The van der Waals surface area contributed by atoms with Crippen LogP contribution in [-0.4, -0.2) is 36.1 Å². The van der Waals surface area contributed by atoms with Crippen LogP contribution in [0.25, 0.3) is 0 Å². The van der Waals surface area contributed by atoms with Crippen molar-refractivity contribution in [2.45, 2.75) is 18.5 Å². The Hall–Kier alpha value is -2.74. The van der Waals surface area contributed by atoms with Gasteiger partial charge < -0.3 is 19.5 Å². The van der Waals surface area contributed by atoms with Gasteiger partial charge in [0.05, 0.1) is 33.4 Å². The minimum absolute atomic E-state index is 0.0675. The smallest absolute Gasteiger partial charge is 0.222 e. The lowest BCUT2D eigenvalue weighted by Crippen LogP contribution is -2.28. The maximum absolute atomic E-state index is 5.72. The molecule has 1 N–H and O–H groups in total. The zero-order chi connectivity index (χ0) is 19.7. The van der Waals surface area contributed by atoms with Crippen LogP contribution in [0.1, 0.15) is 29.6 Å². The minimum atomic E-state index is -0.0675. The highest BCUT2D eigenvalue weighted by molar-refractivity contribution is 9.10. The number of fused-ring (bicyclic) bond motifs is 1. The zero-order valence-electron chi connectivity index (χ0n) is 15.8. The number of aromatic nitrogens is 3. The fourth-order valence-electron chi connectivity index (χ4n) is 3.68. The van der Waals surface area contributed by atoms with Crippen molar-refractivity contribution in [3.05, 3.63) is 58.3 Å². The van der Waals surface area contributed by atoms with E-state index in [1.165, 1.54) is 5.56 Å². The Morgan fingerprint density at radius 3 is 2.43 bits per heavy atom. The average Bonchev–Trinajstić information content (AvgIpc) is 3.21. The van der Waals surface area contributed by atoms with Crippen LogP contribution in [-0.2, 0) is 0 Å². The second-order valence-corrected chi connectivity index (χ2v) is 7.37. The van der Waals surface area contributed by atoms with Crippen molar-refractivity contribution in [2.75, 3.05) is 26.6 Å². The highest BCUT2D eigenvalue weighted by Crippen LogP contribution is 2.46. The Kier molecular flexibility index (Phi) is 5.13. The molecule has 1 aromatic heterocycles. The van der Waals surface area contributed by atoms with E-state index in [1.54, 1.807) is 27.7 Å². The standard InChI is InChI=1S/C20H21BrN4O3/c1-26-17-9-8-14(18(27-2)19(17)28-3)16-10-15(12-4-6-13(21)7-5-12)24-20-22-11-23-25(16)20/h4-9,11,15-16H,10H2,1-3H3,(H,22,23,24)/t15-,16-/m0/s1. The second kappa shape index (κ2) is 7.71. The molecular weight excluding hydrogens is 424 g/mol. The molecule has 7 nitrogen and oxygen atoms in total. The number of hydrogen-bond donors (Lipinski definition) is 1. The van der Waals surface area contributed by atoms with Crippen molar-refractivity contribution in [3.63, 3.8) is 0 Å². The minimum Gasteiger partial charge on any atom is -0.493 e. The Labute approximate surface area is 171 Å². The van der Waals surface area contributed by atoms with Gasteiger partial charge in [-0.05, 0) is 36.2 Å². The Balaban J connectivity index is 1.80. The highest BCUT2D eigenvalue weighted by Gasteiger charge is 2.33. The third-order valence-electron chi connectivity index (χ3n) is 5.00. The number of anilines is 1. The van der Waals surface area contributed by atoms with Crippen LogP contribution in [0.4, 0.5) is 5.95 Å². The zero-order valence-corrected chi connectivity index (χ0v) is 17.4. The van der Waals surface area contributed by atoms with Crippen LogP contribution in [0.5, 0.6) is 17.2 Å². The highest BCUT2D eigenvalue weighted by atomic mass is 79.9. The molecule has 2 aromatic carbocycles. The summed E-state index contributed by atoms with van der Waals surface area (Å²) in [6.45, 7) is 0. The number of rotatable bonds is 5. The van der Waals surface area contributed by atoms with E-state index in [0.717, 1.165) is 22.4 Å². The molecule has 1 aliphatic heterocycles. The van der Waals surface area contributed by atoms with Crippen LogP contribution in [0, 0.1) is 0 Å². The molecule has 2 atom stereocenters. The monoisotopic (exact) mass is 444 g/mol. The molecule has 0 spiro atoms. The number of methoxy groups -OCH3 is 3. The van der Waals surface area contributed by atoms with Crippen molar-refractivity contribution < 1.29 is 14.2 Å². The van der Waals surface area contributed by atoms with E-state index in [-0.39, 0.29) is 12.1 Å². The molecule has 146 valence electrons. The molecule has 0 aliphatic carbocycles. The number of ether oxygens (including phenoxy) is 3. The molecule has 0 saturated heterocycles. The van der Waals surface area contributed by atoms with Gasteiger partial charge in [-0.2, -0.15) is 10.1 Å². The molecule has 28 heavy (non-hydrogen) atoms. The van der Waals surface area contributed by atoms with E-state index in [4.69, 9.17) is 14.2 Å². The second-order valence-electron chi connectivity index (χ2n) is 6.45. The Morgan fingerprint density at radius 1 is 1.00 bits per heavy atom. The largest absolute Gasteiger partial charge is 0.493 e. The quantitative estimate of drug-likeness (QED) is 0.635. The van der Waals surface area contributed by atoms with Crippen molar-refractivity contribution in [1.82, 2.24) is 14.8 Å². The number of halogens is 1. The van der Waals surface area contributed by atoms with Crippen LogP contribution in [0.2, 0.25) is 0 Å². The summed E-state index contributed by atoms with van der Waals surface area (Å²) in [5.74, 6) is 2.56. The van der Waals surface area contributed by atoms with E-state index in [1.807, 2.05) is 28.9 Å². The van der Waals surface area contributed by atoms with E-state index < -0.39 is 0 Å². The lowest BCUT2D eigenvalue weighted by molar-refractivity contribution is 0.315. The summed E-state index contributed by atoms with van der Waals surface area (Å²) in [6.07, 6.45) is 2.34. The van der Waals surface area contributed by atoms with Gasteiger partial charge in [0.1, 0.15) is 6.33 Å². The van der Waals surface area contributed by atoms with Gasteiger partial charge in [0.2, 0.25) is 11.7 Å². The number of nitrogens with zero attached hydrogens (tertiary/aromatic N) is 3. The van der Waals surface area contributed by atoms with Crippen molar-refractivity contribution in [1.29, 1.82) is 0 Å². The van der Waals surface area contributed by atoms with E-state index in [0.29, 0.717) is 17.2 Å². The lowest BCUT2D eigenvalue weighted by Gasteiger charge is -2.32. The normalized spacial score (nSPS) is 18.1. The molecular formula is C20H21BrN4O3. The molecule has 0 bridgehead atoms. The molecule has 8 heteroatoms. The maximum Gasteiger partial charge on any atom is 0.222 e. The van der Waals surface area contributed by atoms with Crippen molar-refractivity contribution >= 4 is 21.9 Å². The van der Waals surface area contributed by atoms with Gasteiger partial charge in [0.25, 0.3) is 0 Å². The molecule has 0 amide bonds. The predicted molar refractivity (Wildman–Crippen MR) is 109 cm³/mol. The molecule has 3 aromatic rings. The summed E-state index contributed by atoms with van der Waals surface area (Å²) in [5, 5.41) is 7.92. The van der Waals surface area contributed by atoms with E-state index >= 15 is 0 Å². The first-order valence-corrected chi connectivity index (χ1v) is 9.66. The molecule has 2 heterocycles. The number of hydrogen-bond acceptors (Lipinski definition) is 6. The van der Waals surface area contributed by atoms with Gasteiger partial charge in [-0.25, -0.2) is 4.68 Å². The Bertz CT molecular complexity index is 974. The predicted octanol–water partition coefficient (Wildman–Crippen LogP) is 4.21. The third-order valence-corrected chi connectivity index (χ3v) is 5.53. The van der Waals surface area contributed by atoms with Gasteiger partial charge in [0, 0.05) is 10.0 Å². The van der Waals surface area contributed by atoms with Gasteiger partial charge >= 0.3 is 0 Å². The summed E-state index contributed by atoms with van der Waals surface area (Å²) < 4.78 is 19.6. The SMILES string of the molecule is COc1ccc([C@@H]2C[C@@H](c3ccc(Br)cc3)Nc3ncnn32)c(OC)c1OC.